The van der Waals surface area contributed by atoms with Gasteiger partial charge in [0.1, 0.15) is 0 Å². The molecule has 22 heavy (non-hydrogen) atoms. The Bertz CT molecular complexity index is 686. The molecule has 1 heterocycles. The van der Waals surface area contributed by atoms with Gasteiger partial charge in [-0.1, -0.05) is 18.0 Å². The number of amides is 1. The van der Waals surface area contributed by atoms with Crippen LogP contribution in [0.3, 0.4) is 0 Å². The summed E-state index contributed by atoms with van der Waals surface area (Å²) in [5, 5.41) is 0.340. The van der Waals surface area contributed by atoms with E-state index >= 15 is 0 Å². The van der Waals surface area contributed by atoms with Gasteiger partial charge in [-0.15, -0.1) is 0 Å². The second-order valence-corrected chi connectivity index (χ2v) is 8.17. The molecule has 7 heteroatoms. The predicted octanol–water partition coefficient (Wildman–Crippen LogP) is 3.01. The number of sulfonamides is 1. The van der Waals surface area contributed by atoms with Gasteiger partial charge in [0.2, 0.25) is 15.9 Å². The van der Waals surface area contributed by atoms with E-state index in [0.29, 0.717) is 29.4 Å². The van der Waals surface area contributed by atoms with Crippen molar-refractivity contribution in [3.05, 3.63) is 23.2 Å². The van der Waals surface area contributed by atoms with Crippen molar-refractivity contribution in [2.75, 3.05) is 21.9 Å². The molecule has 1 aliphatic carbocycles. The molecule has 2 aliphatic rings. The number of anilines is 2. The highest BCUT2D eigenvalue weighted by Gasteiger charge is 2.26. The Morgan fingerprint density at radius 2 is 2.05 bits per heavy atom. The van der Waals surface area contributed by atoms with Crippen LogP contribution in [0.5, 0.6) is 0 Å². The Hall–Kier alpha value is -1.27. The van der Waals surface area contributed by atoms with Crippen molar-refractivity contribution in [3.8, 4) is 0 Å². The molecule has 0 aromatic heterocycles. The molecule has 1 N–H and O–H groups in total. The molecule has 1 saturated carbocycles. The van der Waals surface area contributed by atoms with Crippen LogP contribution in [0.25, 0.3) is 0 Å². The third-order valence-electron chi connectivity index (χ3n) is 4.28. The number of nitrogens with zero attached hydrogens (tertiary/aromatic N) is 1. The fourth-order valence-electron chi connectivity index (χ4n) is 2.86. The van der Waals surface area contributed by atoms with Gasteiger partial charge in [-0.25, -0.2) is 8.42 Å². The number of rotatable bonds is 5. The largest absolute Gasteiger partial charge is 0.312 e. The summed E-state index contributed by atoms with van der Waals surface area (Å²) in [5.41, 5.74) is 1.03. The minimum atomic E-state index is -3.41. The van der Waals surface area contributed by atoms with Crippen molar-refractivity contribution in [1.82, 2.24) is 0 Å². The Balaban J connectivity index is 1.79. The Morgan fingerprint density at radius 1 is 1.27 bits per heavy atom. The minimum absolute atomic E-state index is 0.0607. The average Bonchev–Trinajstić information content (AvgIpc) is 2.83. The zero-order valence-corrected chi connectivity index (χ0v) is 13.8. The summed E-state index contributed by atoms with van der Waals surface area (Å²) in [4.78, 5) is 13.5. The summed E-state index contributed by atoms with van der Waals surface area (Å²) < 4.78 is 27.0. The van der Waals surface area contributed by atoms with E-state index in [1.54, 1.807) is 23.1 Å². The zero-order chi connectivity index (χ0) is 15.7. The topological polar surface area (TPSA) is 66.5 Å². The van der Waals surface area contributed by atoms with E-state index in [-0.39, 0.29) is 17.6 Å². The molecule has 3 rings (SSSR count). The van der Waals surface area contributed by atoms with Gasteiger partial charge in [-0.05, 0) is 43.4 Å². The molecule has 1 amide bonds. The highest BCUT2D eigenvalue weighted by Crippen LogP contribution is 2.32. The van der Waals surface area contributed by atoms with Crippen molar-refractivity contribution < 1.29 is 13.2 Å². The van der Waals surface area contributed by atoms with Gasteiger partial charge in [0, 0.05) is 18.7 Å². The number of hydrogen-bond donors (Lipinski definition) is 1. The lowest BCUT2D eigenvalue weighted by atomic mass is 9.87. The van der Waals surface area contributed by atoms with Crippen LogP contribution in [0, 0.1) is 5.92 Å². The monoisotopic (exact) mass is 342 g/mol. The van der Waals surface area contributed by atoms with E-state index in [9.17, 15) is 13.2 Å². The third kappa shape index (κ3) is 3.38. The molecule has 1 aromatic rings. The molecule has 1 saturated heterocycles. The lowest BCUT2D eigenvalue weighted by Gasteiger charge is -2.25. The maximum absolute atomic E-state index is 12.2. The maximum atomic E-state index is 12.2. The standard InChI is InChI=1S/C15H19ClN2O3S/c16-13-7-6-12(18-8-2-5-15(18)19)9-14(13)17-22(20,21)10-11-3-1-4-11/h6-7,9,11,17H,1-5,8,10H2. The van der Waals surface area contributed by atoms with Crippen molar-refractivity contribution in [1.29, 1.82) is 0 Å². The van der Waals surface area contributed by atoms with Gasteiger partial charge in [0.25, 0.3) is 0 Å². The molecule has 1 aliphatic heterocycles. The molecule has 0 radical (unpaired) electrons. The number of carbonyl (C=O) groups excluding carboxylic acids is 1. The van der Waals surface area contributed by atoms with Gasteiger partial charge in [0.15, 0.2) is 0 Å². The van der Waals surface area contributed by atoms with Gasteiger partial charge >= 0.3 is 0 Å². The normalized spacial score (nSPS) is 19.3. The Kier molecular flexibility index (Phi) is 4.32. The Labute approximate surface area is 135 Å². The van der Waals surface area contributed by atoms with Crippen LogP contribution in [-0.4, -0.2) is 26.6 Å². The predicted molar refractivity (Wildman–Crippen MR) is 87.8 cm³/mol. The van der Waals surface area contributed by atoms with Crippen molar-refractivity contribution in [2.24, 2.45) is 5.92 Å². The SMILES string of the molecule is O=C1CCCN1c1ccc(Cl)c(NS(=O)(=O)CC2CCC2)c1. The summed E-state index contributed by atoms with van der Waals surface area (Å²) >= 11 is 6.10. The van der Waals surface area contributed by atoms with Gasteiger partial charge in [-0.3, -0.25) is 9.52 Å². The van der Waals surface area contributed by atoms with Crippen LogP contribution in [0.15, 0.2) is 18.2 Å². The third-order valence-corrected chi connectivity index (χ3v) is 6.05. The zero-order valence-electron chi connectivity index (χ0n) is 12.2. The first kappa shape index (κ1) is 15.6. The molecule has 0 spiro atoms. The molecule has 5 nitrogen and oxygen atoms in total. The van der Waals surface area contributed by atoms with Gasteiger partial charge in [0.05, 0.1) is 16.5 Å². The summed E-state index contributed by atoms with van der Waals surface area (Å²) in [6.45, 7) is 0.661. The van der Waals surface area contributed by atoms with Crippen LogP contribution >= 0.6 is 11.6 Å². The molecule has 0 unspecified atom stereocenters. The van der Waals surface area contributed by atoms with E-state index in [1.165, 1.54) is 0 Å². The fourth-order valence-corrected chi connectivity index (χ4v) is 4.62. The minimum Gasteiger partial charge on any atom is -0.312 e. The van der Waals surface area contributed by atoms with Gasteiger partial charge in [-0.2, -0.15) is 0 Å². The van der Waals surface area contributed by atoms with Crippen LogP contribution in [-0.2, 0) is 14.8 Å². The number of nitrogens with one attached hydrogen (secondary N) is 1. The van der Waals surface area contributed by atoms with Crippen molar-refractivity contribution >= 4 is 38.9 Å². The summed E-state index contributed by atoms with van der Waals surface area (Å²) in [7, 11) is -3.41. The first-order chi connectivity index (χ1) is 10.4. The smallest absolute Gasteiger partial charge is 0.233 e. The van der Waals surface area contributed by atoms with E-state index in [2.05, 4.69) is 4.72 Å². The molecule has 2 fully saturated rings. The number of halogens is 1. The summed E-state index contributed by atoms with van der Waals surface area (Å²) in [5.74, 6) is 0.446. The van der Waals surface area contributed by atoms with E-state index < -0.39 is 10.0 Å². The molecular weight excluding hydrogens is 324 g/mol. The van der Waals surface area contributed by atoms with E-state index in [1.807, 2.05) is 0 Å². The molecular formula is C15H19ClN2O3S. The maximum Gasteiger partial charge on any atom is 0.233 e. The fraction of sp³-hybridized carbons (Fsp3) is 0.533. The molecule has 0 bridgehead atoms. The van der Waals surface area contributed by atoms with Crippen LogP contribution in [0.2, 0.25) is 5.02 Å². The summed E-state index contributed by atoms with van der Waals surface area (Å²) in [6, 6.07) is 5.02. The first-order valence-electron chi connectivity index (χ1n) is 7.55. The van der Waals surface area contributed by atoms with Gasteiger partial charge < -0.3 is 4.90 Å². The van der Waals surface area contributed by atoms with E-state index in [4.69, 9.17) is 11.6 Å². The van der Waals surface area contributed by atoms with Crippen LogP contribution in [0.4, 0.5) is 11.4 Å². The quantitative estimate of drug-likeness (QED) is 0.894. The van der Waals surface area contributed by atoms with Crippen molar-refractivity contribution in [3.63, 3.8) is 0 Å². The molecule has 1 aromatic carbocycles. The second kappa shape index (κ2) is 6.08. The molecule has 0 atom stereocenters. The van der Waals surface area contributed by atoms with E-state index in [0.717, 1.165) is 25.7 Å². The number of hydrogen-bond acceptors (Lipinski definition) is 3. The first-order valence-corrected chi connectivity index (χ1v) is 9.58. The lowest BCUT2D eigenvalue weighted by Crippen LogP contribution is -2.27. The number of benzene rings is 1. The van der Waals surface area contributed by atoms with Crippen LogP contribution < -0.4 is 9.62 Å². The molecule has 120 valence electrons. The highest BCUT2D eigenvalue weighted by atomic mass is 35.5. The van der Waals surface area contributed by atoms with Crippen molar-refractivity contribution in [2.45, 2.75) is 32.1 Å². The highest BCUT2D eigenvalue weighted by molar-refractivity contribution is 7.92. The summed E-state index contributed by atoms with van der Waals surface area (Å²) in [6.07, 6.45) is 4.40. The second-order valence-electron chi connectivity index (χ2n) is 5.99. The lowest BCUT2D eigenvalue weighted by molar-refractivity contribution is -0.117. The van der Waals surface area contributed by atoms with Crippen LogP contribution in [0.1, 0.15) is 32.1 Å². The Morgan fingerprint density at radius 3 is 2.64 bits per heavy atom. The number of carbonyl (C=O) groups is 1. The average molecular weight is 343 g/mol.